The van der Waals surface area contributed by atoms with E-state index < -0.39 is 17.5 Å². The van der Waals surface area contributed by atoms with E-state index in [1.165, 1.54) is 11.6 Å². The van der Waals surface area contributed by atoms with E-state index in [-0.39, 0.29) is 5.56 Å². The third kappa shape index (κ3) is 2.74. The quantitative estimate of drug-likeness (QED) is 0.348. The van der Waals surface area contributed by atoms with E-state index in [1.54, 1.807) is 12.1 Å². The molecule has 0 unspecified atom stereocenters. The van der Waals surface area contributed by atoms with Crippen molar-refractivity contribution in [3.63, 3.8) is 0 Å². The lowest BCUT2D eigenvalue weighted by Crippen LogP contribution is -1.91. The molecule has 3 heteroatoms. The summed E-state index contributed by atoms with van der Waals surface area (Å²) in [5, 5.41) is 3.35. The SMILES string of the molecule is CCCc1ccc2c(ccc3c(F)c(-c4ccc(F)c(F)c4)ccc32)c1. The molecular formula is C23H17F3. The Morgan fingerprint density at radius 2 is 1.46 bits per heavy atom. The zero-order valence-electron chi connectivity index (χ0n) is 14.3. The molecule has 0 bridgehead atoms. The molecule has 0 amide bonds. The van der Waals surface area contributed by atoms with Gasteiger partial charge in [0.1, 0.15) is 5.82 Å². The zero-order chi connectivity index (χ0) is 18.3. The number of hydrogen-bond acceptors (Lipinski definition) is 0. The summed E-state index contributed by atoms with van der Waals surface area (Å²) >= 11 is 0. The molecule has 0 radical (unpaired) electrons. The molecule has 0 nitrogen and oxygen atoms in total. The first-order valence-corrected chi connectivity index (χ1v) is 8.68. The fraction of sp³-hybridized carbons (Fsp3) is 0.130. The molecule has 0 spiro atoms. The highest BCUT2D eigenvalue weighted by Crippen LogP contribution is 2.33. The predicted molar refractivity (Wildman–Crippen MR) is 101 cm³/mol. The van der Waals surface area contributed by atoms with Crippen LogP contribution in [0.1, 0.15) is 18.9 Å². The Morgan fingerprint density at radius 3 is 2.23 bits per heavy atom. The third-order valence-corrected chi connectivity index (χ3v) is 4.78. The highest BCUT2D eigenvalue weighted by atomic mass is 19.2. The monoisotopic (exact) mass is 350 g/mol. The Hall–Kier alpha value is -2.81. The summed E-state index contributed by atoms with van der Waals surface area (Å²) in [6.45, 7) is 2.14. The molecule has 0 fully saturated rings. The number of fused-ring (bicyclic) bond motifs is 3. The van der Waals surface area contributed by atoms with Crippen LogP contribution >= 0.6 is 0 Å². The normalized spacial score (nSPS) is 11.4. The van der Waals surface area contributed by atoms with Crippen LogP contribution in [0.2, 0.25) is 0 Å². The highest BCUT2D eigenvalue weighted by molar-refractivity contribution is 6.08. The number of rotatable bonds is 3. The van der Waals surface area contributed by atoms with Gasteiger partial charge in [0.15, 0.2) is 11.6 Å². The first-order chi connectivity index (χ1) is 12.6. The zero-order valence-corrected chi connectivity index (χ0v) is 14.3. The number of benzene rings is 4. The molecule has 130 valence electrons. The van der Waals surface area contributed by atoms with E-state index in [4.69, 9.17) is 0 Å². The molecule has 0 atom stereocenters. The average Bonchev–Trinajstić information content (AvgIpc) is 2.64. The molecule has 0 N–H and O–H groups in total. The van der Waals surface area contributed by atoms with Gasteiger partial charge in [0, 0.05) is 10.9 Å². The van der Waals surface area contributed by atoms with Crippen LogP contribution in [0, 0.1) is 17.5 Å². The van der Waals surface area contributed by atoms with Crippen molar-refractivity contribution >= 4 is 21.5 Å². The number of aryl methyl sites for hydroxylation is 1. The van der Waals surface area contributed by atoms with Crippen molar-refractivity contribution in [2.24, 2.45) is 0 Å². The molecule has 4 aromatic carbocycles. The second-order valence-electron chi connectivity index (χ2n) is 6.52. The van der Waals surface area contributed by atoms with Crippen LogP contribution in [0.25, 0.3) is 32.7 Å². The second kappa shape index (κ2) is 6.49. The molecule has 0 saturated carbocycles. The van der Waals surface area contributed by atoms with E-state index in [9.17, 15) is 8.78 Å². The molecule has 0 aromatic heterocycles. The standard InChI is InChI=1S/C23H17F3/c1-2-3-14-4-7-17-15(12-14)5-8-20-19(17)10-9-18(23(20)26)16-6-11-21(24)22(25)13-16/h4-13H,2-3H2,1H3. The minimum absolute atomic E-state index is 0.262. The maximum Gasteiger partial charge on any atom is 0.159 e. The van der Waals surface area contributed by atoms with Crippen LogP contribution < -0.4 is 0 Å². The summed E-state index contributed by atoms with van der Waals surface area (Å²) in [6.07, 6.45) is 2.09. The second-order valence-corrected chi connectivity index (χ2v) is 6.52. The molecule has 0 aliphatic rings. The molecule has 4 aromatic rings. The fourth-order valence-electron chi connectivity index (χ4n) is 3.49. The first kappa shape index (κ1) is 16.6. The van der Waals surface area contributed by atoms with Gasteiger partial charge < -0.3 is 0 Å². The largest absolute Gasteiger partial charge is 0.206 e. The van der Waals surface area contributed by atoms with Crippen LogP contribution in [-0.4, -0.2) is 0 Å². The molecule has 0 saturated heterocycles. The topological polar surface area (TPSA) is 0 Å². The van der Waals surface area contributed by atoms with Gasteiger partial charge in [-0.2, -0.15) is 0 Å². The number of halogens is 3. The summed E-state index contributed by atoms with van der Waals surface area (Å²) in [4.78, 5) is 0. The van der Waals surface area contributed by atoms with E-state index in [1.807, 2.05) is 18.2 Å². The molecule has 4 rings (SSSR count). The van der Waals surface area contributed by atoms with Crippen LogP contribution in [0.5, 0.6) is 0 Å². The maximum atomic E-state index is 15.1. The fourth-order valence-corrected chi connectivity index (χ4v) is 3.49. The Bertz CT molecular complexity index is 1130. The summed E-state index contributed by atoms with van der Waals surface area (Å²) in [5.74, 6) is -2.35. The summed E-state index contributed by atoms with van der Waals surface area (Å²) in [7, 11) is 0. The lowest BCUT2D eigenvalue weighted by Gasteiger charge is -2.11. The van der Waals surface area contributed by atoms with Crippen molar-refractivity contribution in [3.8, 4) is 11.1 Å². The van der Waals surface area contributed by atoms with Gasteiger partial charge in [-0.3, -0.25) is 0 Å². The third-order valence-electron chi connectivity index (χ3n) is 4.78. The van der Waals surface area contributed by atoms with Crippen molar-refractivity contribution in [1.82, 2.24) is 0 Å². The molecule has 26 heavy (non-hydrogen) atoms. The Kier molecular flexibility index (Phi) is 4.15. The van der Waals surface area contributed by atoms with Crippen LogP contribution in [0.4, 0.5) is 13.2 Å². The van der Waals surface area contributed by atoms with Gasteiger partial charge in [-0.15, -0.1) is 0 Å². The summed E-state index contributed by atoms with van der Waals surface area (Å²) < 4.78 is 41.8. The average molecular weight is 350 g/mol. The maximum absolute atomic E-state index is 15.1. The Labute approximate surface area is 149 Å². The van der Waals surface area contributed by atoms with E-state index in [0.717, 1.165) is 41.1 Å². The van der Waals surface area contributed by atoms with E-state index in [0.29, 0.717) is 10.9 Å². The summed E-state index contributed by atoms with van der Waals surface area (Å²) in [5.41, 5.74) is 1.85. The van der Waals surface area contributed by atoms with Crippen molar-refractivity contribution in [3.05, 3.63) is 83.7 Å². The van der Waals surface area contributed by atoms with Gasteiger partial charge >= 0.3 is 0 Å². The van der Waals surface area contributed by atoms with Crippen LogP contribution in [0.3, 0.4) is 0 Å². The van der Waals surface area contributed by atoms with Gasteiger partial charge in [0.2, 0.25) is 0 Å². The smallest absolute Gasteiger partial charge is 0.159 e. The van der Waals surface area contributed by atoms with Crippen LogP contribution in [0.15, 0.2) is 60.7 Å². The first-order valence-electron chi connectivity index (χ1n) is 8.68. The van der Waals surface area contributed by atoms with Crippen LogP contribution in [-0.2, 0) is 6.42 Å². The van der Waals surface area contributed by atoms with Crippen molar-refractivity contribution in [2.75, 3.05) is 0 Å². The minimum atomic E-state index is -0.982. The van der Waals surface area contributed by atoms with Gasteiger partial charge in [-0.05, 0) is 45.8 Å². The van der Waals surface area contributed by atoms with Crippen molar-refractivity contribution in [2.45, 2.75) is 19.8 Å². The Morgan fingerprint density at radius 1 is 0.692 bits per heavy atom. The molecule has 0 heterocycles. The molecule has 0 aliphatic carbocycles. The number of hydrogen-bond donors (Lipinski definition) is 0. The molecular weight excluding hydrogens is 333 g/mol. The molecule has 0 aliphatic heterocycles. The van der Waals surface area contributed by atoms with Gasteiger partial charge in [0.25, 0.3) is 0 Å². The predicted octanol–water partition coefficient (Wildman–Crippen LogP) is 7.03. The lowest BCUT2D eigenvalue weighted by molar-refractivity contribution is 0.509. The summed E-state index contributed by atoms with van der Waals surface area (Å²) in [6, 6.07) is 16.8. The van der Waals surface area contributed by atoms with Gasteiger partial charge in [-0.25, -0.2) is 13.2 Å². The van der Waals surface area contributed by atoms with Gasteiger partial charge in [0.05, 0.1) is 0 Å². The minimum Gasteiger partial charge on any atom is -0.206 e. The lowest BCUT2D eigenvalue weighted by atomic mass is 9.95. The highest BCUT2D eigenvalue weighted by Gasteiger charge is 2.13. The Balaban J connectivity index is 1.91. The van der Waals surface area contributed by atoms with E-state index in [2.05, 4.69) is 19.1 Å². The van der Waals surface area contributed by atoms with E-state index >= 15 is 4.39 Å². The van der Waals surface area contributed by atoms with Crippen molar-refractivity contribution < 1.29 is 13.2 Å². The van der Waals surface area contributed by atoms with Gasteiger partial charge in [-0.1, -0.05) is 61.9 Å². The van der Waals surface area contributed by atoms with Crippen molar-refractivity contribution in [1.29, 1.82) is 0 Å².